The number of oxime groups is 1. The Bertz CT molecular complexity index is 1410. The Hall–Kier alpha value is -3.91. The second kappa shape index (κ2) is 9.03. The molecule has 12 nitrogen and oxygen atoms in total. The van der Waals surface area contributed by atoms with Gasteiger partial charge in [-0.05, 0) is 5.38 Å². The number of nitrogens with one attached hydrogen (secondary N) is 1. The van der Waals surface area contributed by atoms with E-state index in [1.54, 1.807) is 11.3 Å². The molecule has 0 radical (unpaired) electrons. The fraction of sp³-hybridized carbons (Fsp3) is 0.238. The maximum Gasteiger partial charge on any atom is 0.352 e. The lowest BCUT2D eigenvalue weighted by molar-refractivity contribution is -0.687. The van der Waals surface area contributed by atoms with E-state index in [9.17, 15) is 19.5 Å². The van der Waals surface area contributed by atoms with Gasteiger partial charge in [0, 0.05) is 28.2 Å². The number of fused-ring (bicyclic) bond motifs is 2. The smallest absolute Gasteiger partial charge is 0.352 e. The number of β-lactam (4-membered cyclic amide) rings is 1. The van der Waals surface area contributed by atoms with Crippen LogP contribution >= 0.6 is 23.1 Å². The first kappa shape index (κ1) is 22.9. The summed E-state index contributed by atoms with van der Waals surface area (Å²) in [5.41, 5.74) is 5.82. The number of nitrogens with two attached hydrogens (primary N) is 1. The highest BCUT2D eigenvalue weighted by molar-refractivity contribution is 8.00. The lowest BCUT2D eigenvalue weighted by Crippen LogP contribution is -2.71. The van der Waals surface area contributed by atoms with Gasteiger partial charge in [0.15, 0.2) is 24.7 Å². The minimum atomic E-state index is -1.19. The zero-order valence-corrected chi connectivity index (χ0v) is 19.8. The number of hydrogen-bond donors (Lipinski definition) is 3. The summed E-state index contributed by atoms with van der Waals surface area (Å²) < 4.78 is 6.81. The number of oxazole rings is 1. The van der Waals surface area contributed by atoms with Crippen molar-refractivity contribution in [3.05, 3.63) is 52.4 Å². The Morgan fingerprint density at radius 1 is 1.43 bits per heavy atom. The zero-order valence-electron chi connectivity index (χ0n) is 18.2. The van der Waals surface area contributed by atoms with Crippen molar-refractivity contribution < 1.29 is 33.3 Å². The van der Waals surface area contributed by atoms with Gasteiger partial charge in [-0.15, -0.1) is 11.8 Å². The third kappa shape index (κ3) is 4.10. The summed E-state index contributed by atoms with van der Waals surface area (Å²) >= 11 is 2.97. The van der Waals surface area contributed by atoms with Gasteiger partial charge >= 0.3 is 5.97 Å². The molecule has 5 rings (SSSR count). The number of aromatic nitrogens is 2. The highest BCUT2D eigenvalue weighted by atomic mass is 32.2. The third-order valence-corrected chi connectivity index (χ3v) is 7.67. The second-order valence-electron chi connectivity index (χ2n) is 7.71. The van der Waals surface area contributed by atoms with Gasteiger partial charge in [-0.1, -0.05) is 5.16 Å². The fourth-order valence-electron chi connectivity index (χ4n) is 3.98. The van der Waals surface area contributed by atoms with Crippen LogP contribution in [0.15, 0.2) is 56.3 Å². The van der Waals surface area contributed by atoms with Gasteiger partial charge in [-0.2, -0.15) is 16.3 Å². The predicted octanol–water partition coefficient (Wildman–Crippen LogP) is 0.548. The van der Waals surface area contributed by atoms with Gasteiger partial charge in [0.25, 0.3) is 17.8 Å². The van der Waals surface area contributed by atoms with E-state index in [4.69, 9.17) is 15.0 Å². The number of amides is 2. The van der Waals surface area contributed by atoms with E-state index >= 15 is 0 Å². The summed E-state index contributed by atoms with van der Waals surface area (Å²) in [6.45, 7) is 0.326. The molecule has 0 spiro atoms. The molecule has 2 amide bonds. The van der Waals surface area contributed by atoms with E-state index in [-0.39, 0.29) is 23.1 Å². The molecular formula is C21H19N6O6S2+. The molecule has 2 atom stereocenters. The number of carbonyl (C=O) groups is 3. The number of aliphatic carboxylic acids is 1. The average Bonchev–Trinajstić information content (AvgIpc) is 3.48. The van der Waals surface area contributed by atoms with Crippen molar-refractivity contribution >= 4 is 63.4 Å². The van der Waals surface area contributed by atoms with Crippen molar-refractivity contribution in [1.29, 1.82) is 0 Å². The summed E-state index contributed by atoms with van der Waals surface area (Å²) in [6.07, 6.45) is 4.97. The molecule has 14 heteroatoms. The van der Waals surface area contributed by atoms with Crippen LogP contribution in [0.5, 0.6) is 0 Å². The van der Waals surface area contributed by atoms with Crippen LogP contribution in [0, 0.1) is 0 Å². The van der Waals surface area contributed by atoms with Crippen LogP contribution in [0.2, 0.25) is 0 Å². The Morgan fingerprint density at radius 2 is 2.23 bits per heavy atom. The van der Waals surface area contributed by atoms with Crippen molar-refractivity contribution in [3.63, 3.8) is 0 Å². The first-order valence-corrected chi connectivity index (χ1v) is 12.2. The predicted molar refractivity (Wildman–Crippen MR) is 126 cm³/mol. The maximum absolute atomic E-state index is 13.0. The van der Waals surface area contributed by atoms with E-state index in [1.165, 1.54) is 23.8 Å². The Kier molecular flexibility index (Phi) is 5.90. The number of carbonyl (C=O) groups excluding carboxylic acids is 2. The number of anilines is 1. The number of nitrogen functional groups attached to an aromatic ring is 1. The Balaban J connectivity index is 1.36. The molecule has 2 aliphatic heterocycles. The number of thiophene rings is 1. The molecule has 1 unspecified atom stereocenters. The molecule has 2 aliphatic rings. The summed E-state index contributed by atoms with van der Waals surface area (Å²) in [7, 11) is 1.25. The zero-order chi connectivity index (χ0) is 24.7. The van der Waals surface area contributed by atoms with E-state index in [2.05, 4.69) is 15.5 Å². The summed E-state index contributed by atoms with van der Waals surface area (Å²) in [4.78, 5) is 47.7. The quantitative estimate of drug-likeness (QED) is 0.176. The maximum atomic E-state index is 13.0. The van der Waals surface area contributed by atoms with Crippen molar-refractivity contribution in [2.24, 2.45) is 5.16 Å². The van der Waals surface area contributed by atoms with Crippen molar-refractivity contribution in [3.8, 4) is 0 Å². The van der Waals surface area contributed by atoms with E-state index in [0.717, 1.165) is 17.0 Å². The molecule has 4 N–H and O–H groups in total. The number of carboxylic acids is 1. The molecule has 0 aliphatic carbocycles. The highest BCUT2D eigenvalue weighted by Crippen LogP contribution is 2.40. The molecule has 5 heterocycles. The lowest BCUT2D eigenvalue weighted by Gasteiger charge is -2.49. The van der Waals surface area contributed by atoms with Crippen molar-refractivity contribution in [2.45, 2.75) is 18.0 Å². The molecule has 180 valence electrons. The van der Waals surface area contributed by atoms with Crippen LogP contribution in [0.4, 0.5) is 6.01 Å². The van der Waals surface area contributed by atoms with Crippen LogP contribution in [-0.4, -0.2) is 62.8 Å². The van der Waals surface area contributed by atoms with E-state index in [1.807, 2.05) is 33.8 Å². The van der Waals surface area contributed by atoms with Crippen LogP contribution in [0.3, 0.4) is 0 Å². The Morgan fingerprint density at radius 3 is 2.94 bits per heavy atom. The van der Waals surface area contributed by atoms with Crippen LogP contribution in [-0.2, 0) is 25.8 Å². The number of rotatable bonds is 7. The normalized spacial score (nSPS) is 20.0. The van der Waals surface area contributed by atoms with Crippen LogP contribution in [0.1, 0.15) is 5.69 Å². The highest BCUT2D eigenvalue weighted by Gasteiger charge is 2.54. The summed E-state index contributed by atoms with van der Waals surface area (Å²) in [5, 5.41) is 21.8. The minimum Gasteiger partial charge on any atom is -0.477 e. The SMILES string of the molecule is CON=C(C(=O)NC1C(=O)N2C(C(=O)O)=C(C[n+]3ccc4cscc4c3)CS[C@@H]12)c1coc(N)n1. The van der Waals surface area contributed by atoms with Gasteiger partial charge in [0.1, 0.15) is 36.2 Å². The van der Waals surface area contributed by atoms with Gasteiger partial charge in [-0.25, -0.2) is 9.36 Å². The minimum absolute atomic E-state index is 0.0369. The monoisotopic (exact) mass is 515 g/mol. The molecule has 0 saturated carbocycles. The largest absolute Gasteiger partial charge is 0.477 e. The third-order valence-electron chi connectivity index (χ3n) is 5.55. The topological polar surface area (TPSA) is 164 Å². The summed E-state index contributed by atoms with van der Waals surface area (Å²) in [6, 6.07) is 0.864. The molecule has 3 aromatic rings. The number of carboxylic acid groups (broad SMARTS) is 1. The number of pyridine rings is 1. The fourth-order valence-corrected chi connectivity index (χ4v) is 6.09. The molecule has 1 fully saturated rings. The number of thioether (sulfide) groups is 1. The van der Waals surface area contributed by atoms with Crippen molar-refractivity contribution in [2.75, 3.05) is 18.6 Å². The first-order valence-electron chi connectivity index (χ1n) is 10.3. The average molecular weight is 516 g/mol. The second-order valence-corrected chi connectivity index (χ2v) is 9.56. The van der Waals surface area contributed by atoms with Crippen LogP contribution < -0.4 is 15.6 Å². The molecule has 0 bridgehead atoms. The number of hydrogen-bond acceptors (Lipinski definition) is 10. The Labute approximate surface area is 206 Å². The molecular weight excluding hydrogens is 496 g/mol. The van der Waals surface area contributed by atoms with Gasteiger partial charge in [0.2, 0.25) is 0 Å². The van der Waals surface area contributed by atoms with Gasteiger partial charge in [-0.3, -0.25) is 14.5 Å². The molecule has 3 aromatic heterocycles. The first-order chi connectivity index (χ1) is 16.9. The molecule has 0 aromatic carbocycles. The van der Waals surface area contributed by atoms with Crippen molar-refractivity contribution in [1.82, 2.24) is 15.2 Å². The molecule has 1 saturated heterocycles. The van der Waals surface area contributed by atoms with E-state index in [0.29, 0.717) is 17.9 Å². The number of nitrogens with zero attached hydrogens (tertiary/aromatic N) is 4. The summed E-state index contributed by atoms with van der Waals surface area (Å²) in [5.74, 6) is -2.07. The lowest BCUT2D eigenvalue weighted by atomic mass is 10.0. The van der Waals surface area contributed by atoms with Gasteiger partial charge < -0.3 is 25.4 Å². The standard InChI is InChI=1S/C21H18N6O6S2/c1-32-25-14(13-6-33-21(22)23-13)17(28)24-15-18(29)27-16(20(30)31)12(9-35-19(15)27)5-26-3-2-10-7-34-8-11(10)4-26/h2-4,6-8,15,19H,5,9H2,1H3,(H3-,22,23,24,28,30,31)/p+1/t15?,19-/m0/s1. The molecule has 35 heavy (non-hydrogen) atoms. The van der Waals surface area contributed by atoms with Gasteiger partial charge in [0.05, 0.1) is 5.39 Å². The van der Waals surface area contributed by atoms with Crippen LogP contribution in [0.25, 0.3) is 10.8 Å². The van der Waals surface area contributed by atoms with E-state index < -0.39 is 29.2 Å².